The zero-order valence-corrected chi connectivity index (χ0v) is 9.29. The lowest BCUT2D eigenvalue weighted by molar-refractivity contribution is -0.146. The molecule has 1 aliphatic heterocycles. The van der Waals surface area contributed by atoms with Crippen molar-refractivity contribution in [2.75, 3.05) is 13.1 Å². The van der Waals surface area contributed by atoms with Crippen LogP contribution in [0.25, 0.3) is 0 Å². The van der Waals surface area contributed by atoms with Crippen molar-refractivity contribution in [2.45, 2.75) is 0 Å². The Morgan fingerprint density at radius 2 is 1.68 bits per heavy atom. The molecule has 1 amide bonds. The molecule has 19 heavy (non-hydrogen) atoms. The fourth-order valence-electron chi connectivity index (χ4n) is 1.70. The SMILES string of the molecule is O=C(O)C1CN(C(=O)c2cc(F)c(F)c(F)c2F)C1. The lowest BCUT2D eigenvalue weighted by Crippen LogP contribution is -2.53. The Hall–Kier alpha value is -2.12. The third-order valence-electron chi connectivity index (χ3n) is 2.85. The molecular formula is C11H7F4NO3. The summed E-state index contributed by atoms with van der Waals surface area (Å²) in [5.74, 6) is -10.5. The first-order valence-electron chi connectivity index (χ1n) is 5.18. The molecule has 0 bridgehead atoms. The number of likely N-dealkylation sites (tertiary alicyclic amines) is 1. The maximum absolute atomic E-state index is 13.3. The van der Waals surface area contributed by atoms with Gasteiger partial charge in [0.1, 0.15) is 0 Å². The summed E-state index contributed by atoms with van der Waals surface area (Å²) in [6.45, 7) is -0.373. The van der Waals surface area contributed by atoms with E-state index in [0.29, 0.717) is 0 Å². The van der Waals surface area contributed by atoms with Gasteiger partial charge in [0.25, 0.3) is 5.91 Å². The predicted octanol–water partition coefficient (Wildman–Crippen LogP) is 1.40. The van der Waals surface area contributed by atoms with E-state index in [1.54, 1.807) is 0 Å². The van der Waals surface area contributed by atoms with Crippen LogP contribution < -0.4 is 0 Å². The molecule has 0 radical (unpaired) electrons. The highest BCUT2D eigenvalue weighted by molar-refractivity contribution is 5.96. The van der Waals surface area contributed by atoms with Gasteiger partial charge in [0.15, 0.2) is 23.3 Å². The summed E-state index contributed by atoms with van der Waals surface area (Å²) < 4.78 is 51.9. The van der Waals surface area contributed by atoms with E-state index in [1.807, 2.05) is 0 Å². The number of carboxylic acid groups (broad SMARTS) is 1. The Balaban J connectivity index is 2.24. The zero-order chi connectivity index (χ0) is 14.3. The molecular weight excluding hydrogens is 270 g/mol. The third-order valence-corrected chi connectivity index (χ3v) is 2.85. The molecule has 1 aromatic rings. The van der Waals surface area contributed by atoms with Crippen molar-refractivity contribution < 1.29 is 32.3 Å². The van der Waals surface area contributed by atoms with Gasteiger partial charge >= 0.3 is 5.97 Å². The van der Waals surface area contributed by atoms with Crippen LogP contribution in [0.15, 0.2) is 6.07 Å². The van der Waals surface area contributed by atoms with Gasteiger partial charge in [-0.05, 0) is 6.07 Å². The average molecular weight is 277 g/mol. The maximum atomic E-state index is 13.3. The van der Waals surface area contributed by atoms with E-state index < -0.39 is 46.6 Å². The lowest BCUT2D eigenvalue weighted by Gasteiger charge is -2.36. The number of aliphatic carboxylic acids is 1. The molecule has 0 saturated carbocycles. The summed E-state index contributed by atoms with van der Waals surface area (Å²) in [6.07, 6.45) is 0. The van der Waals surface area contributed by atoms with Crippen LogP contribution in [0.4, 0.5) is 17.6 Å². The van der Waals surface area contributed by atoms with Crippen LogP contribution in [0.3, 0.4) is 0 Å². The number of hydrogen-bond donors (Lipinski definition) is 1. The van der Waals surface area contributed by atoms with Gasteiger partial charge in [-0.15, -0.1) is 0 Å². The maximum Gasteiger partial charge on any atom is 0.310 e. The van der Waals surface area contributed by atoms with Gasteiger partial charge in [-0.1, -0.05) is 0 Å². The molecule has 2 rings (SSSR count). The number of carbonyl (C=O) groups excluding carboxylic acids is 1. The van der Waals surface area contributed by atoms with Crippen molar-refractivity contribution in [3.05, 3.63) is 34.9 Å². The number of benzene rings is 1. The number of halogens is 4. The normalized spacial score (nSPS) is 15.3. The van der Waals surface area contributed by atoms with Crippen molar-refractivity contribution in [1.29, 1.82) is 0 Å². The number of carbonyl (C=O) groups is 2. The minimum Gasteiger partial charge on any atom is -0.481 e. The Bertz CT molecular complexity index is 570. The Kier molecular flexibility index (Phi) is 3.17. The van der Waals surface area contributed by atoms with Crippen LogP contribution in [0.2, 0.25) is 0 Å². The zero-order valence-electron chi connectivity index (χ0n) is 9.29. The molecule has 0 aromatic heterocycles. The molecule has 8 heteroatoms. The van der Waals surface area contributed by atoms with E-state index in [0.717, 1.165) is 4.90 Å². The standard InChI is InChI=1S/C11H7F4NO3/c12-6-1-5(7(13)9(15)8(6)14)10(17)16-2-4(3-16)11(18)19/h1,4H,2-3H2,(H,18,19). The van der Waals surface area contributed by atoms with Crippen molar-refractivity contribution in [1.82, 2.24) is 4.90 Å². The second-order valence-corrected chi connectivity index (χ2v) is 4.09. The van der Waals surface area contributed by atoms with E-state index in [-0.39, 0.29) is 19.2 Å². The van der Waals surface area contributed by atoms with Crippen LogP contribution >= 0.6 is 0 Å². The summed E-state index contributed by atoms with van der Waals surface area (Å²) in [6, 6.07) is 0.254. The van der Waals surface area contributed by atoms with Gasteiger partial charge < -0.3 is 10.0 Å². The molecule has 0 aliphatic carbocycles. The Morgan fingerprint density at radius 1 is 1.11 bits per heavy atom. The largest absolute Gasteiger partial charge is 0.481 e. The number of rotatable bonds is 2. The van der Waals surface area contributed by atoms with Crippen LogP contribution in [0, 0.1) is 29.2 Å². The smallest absolute Gasteiger partial charge is 0.310 e. The topological polar surface area (TPSA) is 57.6 Å². The first-order valence-corrected chi connectivity index (χ1v) is 5.18. The highest BCUT2D eigenvalue weighted by atomic mass is 19.2. The second kappa shape index (κ2) is 4.52. The molecule has 0 atom stereocenters. The van der Waals surface area contributed by atoms with E-state index in [9.17, 15) is 27.2 Å². The Morgan fingerprint density at radius 3 is 2.21 bits per heavy atom. The van der Waals surface area contributed by atoms with Crippen molar-refractivity contribution in [3.63, 3.8) is 0 Å². The molecule has 102 valence electrons. The van der Waals surface area contributed by atoms with Gasteiger partial charge in [-0.3, -0.25) is 9.59 Å². The molecule has 1 heterocycles. The summed E-state index contributed by atoms with van der Waals surface area (Å²) in [4.78, 5) is 23.1. The van der Waals surface area contributed by atoms with Gasteiger partial charge in [0.05, 0.1) is 11.5 Å². The van der Waals surface area contributed by atoms with Gasteiger partial charge in [-0.2, -0.15) is 0 Å². The lowest BCUT2D eigenvalue weighted by atomic mass is 9.99. The van der Waals surface area contributed by atoms with Gasteiger partial charge in [0, 0.05) is 13.1 Å². The first-order chi connectivity index (χ1) is 8.82. The van der Waals surface area contributed by atoms with Crippen LogP contribution in [0.1, 0.15) is 10.4 Å². The number of hydrogen-bond acceptors (Lipinski definition) is 2. The first kappa shape index (κ1) is 13.3. The monoisotopic (exact) mass is 277 g/mol. The highest BCUT2D eigenvalue weighted by Crippen LogP contribution is 2.23. The molecule has 1 fully saturated rings. The van der Waals surface area contributed by atoms with E-state index >= 15 is 0 Å². The summed E-state index contributed by atoms with van der Waals surface area (Å²) in [7, 11) is 0. The minimum atomic E-state index is -2.07. The van der Waals surface area contributed by atoms with Crippen molar-refractivity contribution >= 4 is 11.9 Å². The molecule has 0 spiro atoms. The van der Waals surface area contributed by atoms with Crippen LogP contribution in [-0.4, -0.2) is 35.0 Å². The molecule has 0 unspecified atom stereocenters. The third kappa shape index (κ3) is 2.13. The van der Waals surface area contributed by atoms with Gasteiger partial charge in [-0.25, -0.2) is 17.6 Å². The minimum absolute atomic E-state index is 0.186. The second-order valence-electron chi connectivity index (χ2n) is 4.09. The van der Waals surface area contributed by atoms with Crippen molar-refractivity contribution in [2.24, 2.45) is 5.92 Å². The van der Waals surface area contributed by atoms with Crippen LogP contribution in [0.5, 0.6) is 0 Å². The van der Waals surface area contributed by atoms with E-state index in [2.05, 4.69) is 0 Å². The molecule has 1 saturated heterocycles. The number of amides is 1. The predicted molar refractivity (Wildman–Crippen MR) is 53.3 cm³/mol. The Labute approximate surface area is 104 Å². The number of carboxylic acids is 1. The highest BCUT2D eigenvalue weighted by Gasteiger charge is 2.37. The molecule has 4 nitrogen and oxygen atoms in total. The fraction of sp³-hybridized carbons (Fsp3) is 0.273. The quantitative estimate of drug-likeness (QED) is 0.505. The summed E-state index contributed by atoms with van der Waals surface area (Å²) in [5.41, 5.74) is -0.958. The van der Waals surface area contributed by atoms with E-state index in [1.165, 1.54) is 0 Å². The summed E-state index contributed by atoms with van der Waals surface area (Å²) >= 11 is 0. The fourth-order valence-corrected chi connectivity index (χ4v) is 1.70. The molecule has 1 N–H and O–H groups in total. The summed E-state index contributed by atoms with van der Waals surface area (Å²) in [5, 5.41) is 8.60. The average Bonchev–Trinajstić information content (AvgIpc) is 2.28. The van der Waals surface area contributed by atoms with Crippen LogP contribution in [-0.2, 0) is 4.79 Å². The van der Waals surface area contributed by atoms with Crippen molar-refractivity contribution in [3.8, 4) is 0 Å². The number of nitrogens with zero attached hydrogens (tertiary/aromatic N) is 1. The van der Waals surface area contributed by atoms with Gasteiger partial charge in [0.2, 0.25) is 0 Å². The molecule has 1 aliphatic rings. The van der Waals surface area contributed by atoms with E-state index in [4.69, 9.17) is 5.11 Å². The molecule has 1 aromatic carbocycles.